The van der Waals surface area contributed by atoms with Crippen LogP contribution < -0.4 is 5.32 Å². The second-order valence-electron chi connectivity index (χ2n) is 5.10. The summed E-state index contributed by atoms with van der Waals surface area (Å²) >= 11 is 0. The van der Waals surface area contributed by atoms with Crippen LogP contribution in [0.3, 0.4) is 0 Å². The number of carbonyl (C=O) groups is 1. The van der Waals surface area contributed by atoms with Crippen LogP contribution >= 0.6 is 0 Å². The molecule has 0 aliphatic heterocycles. The van der Waals surface area contributed by atoms with Gasteiger partial charge in [0.1, 0.15) is 6.61 Å². The van der Waals surface area contributed by atoms with E-state index >= 15 is 0 Å². The zero-order valence-corrected chi connectivity index (χ0v) is 12.7. The molecule has 1 rings (SSSR count). The van der Waals surface area contributed by atoms with Crippen molar-refractivity contribution in [1.82, 2.24) is 5.32 Å². The molecular weight excluding hydrogens is 270 g/mol. The lowest BCUT2D eigenvalue weighted by Crippen LogP contribution is -2.45. The Bertz CT molecular complexity index is 457. The van der Waals surface area contributed by atoms with Crippen molar-refractivity contribution in [3.05, 3.63) is 48.0 Å². The van der Waals surface area contributed by atoms with E-state index in [1.165, 1.54) is 6.08 Å². The van der Waals surface area contributed by atoms with Crippen molar-refractivity contribution >= 4 is 5.97 Å². The molecule has 1 aromatic carbocycles. The maximum atomic E-state index is 11.6. The summed E-state index contributed by atoms with van der Waals surface area (Å²) < 4.78 is 10.1. The molecule has 21 heavy (non-hydrogen) atoms. The Labute approximate surface area is 125 Å². The molecule has 0 aliphatic rings. The first-order valence-electron chi connectivity index (χ1n) is 6.90. The summed E-state index contributed by atoms with van der Waals surface area (Å²) in [7, 11) is 0. The van der Waals surface area contributed by atoms with Crippen LogP contribution in [0.2, 0.25) is 0 Å². The summed E-state index contributed by atoms with van der Waals surface area (Å²) in [5, 5.41) is 12.3. The van der Waals surface area contributed by atoms with E-state index in [9.17, 15) is 9.90 Å². The third-order valence-corrected chi connectivity index (χ3v) is 2.68. The summed E-state index contributed by atoms with van der Waals surface area (Å²) in [5.74, 6) is -0.431. The molecule has 2 N–H and O–H groups in total. The van der Waals surface area contributed by atoms with Crippen molar-refractivity contribution in [2.24, 2.45) is 0 Å². The van der Waals surface area contributed by atoms with Gasteiger partial charge in [0.2, 0.25) is 6.41 Å². The maximum absolute atomic E-state index is 11.6. The molecule has 5 nitrogen and oxygen atoms in total. The quantitative estimate of drug-likeness (QED) is 0.436. The van der Waals surface area contributed by atoms with Crippen LogP contribution in [-0.4, -0.2) is 29.6 Å². The number of aliphatic hydroxyl groups excluding tert-OH is 1. The largest absolute Gasteiger partial charge is 0.458 e. The highest BCUT2D eigenvalue weighted by Gasteiger charge is 2.18. The Morgan fingerprint density at radius 2 is 2.05 bits per heavy atom. The average Bonchev–Trinajstić information content (AvgIpc) is 2.44. The van der Waals surface area contributed by atoms with E-state index in [-0.39, 0.29) is 6.61 Å². The number of nitrogens with one attached hydrogen (secondary N) is 1. The van der Waals surface area contributed by atoms with E-state index in [1.807, 2.05) is 44.2 Å². The van der Waals surface area contributed by atoms with Gasteiger partial charge in [-0.15, -0.1) is 0 Å². The minimum atomic E-state index is -1.07. The maximum Gasteiger partial charge on any atom is 0.330 e. The third-order valence-electron chi connectivity index (χ3n) is 2.68. The van der Waals surface area contributed by atoms with Crippen LogP contribution in [0.15, 0.2) is 42.5 Å². The van der Waals surface area contributed by atoms with Gasteiger partial charge in [-0.05, 0) is 26.3 Å². The standard InChI is InChI=1S/C16H23NO4/c1-4-20-15(19)17-16(2,3)11-10-14(18)21-12-13-8-6-5-7-9-13/h5-11,15,17,19H,4,12H2,1-3H3/b11-10+. The number of esters is 1. The van der Waals surface area contributed by atoms with Gasteiger partial charge in [0.15, 0.2) is 0 Å². The molecule has 5 heteroatoms. The Morgan fingerprint density at radius 1 is 1.38 bits per heavy atom. The summed E-state index contributed by atoms with van der Waals surface area (Å²) in [5.41, 5.74) is 0.337. The molecule has 0 radical (unpaired) electrons. The fourth-order valence-electron chi connectivity index (χ4n) is 1.62. The topological polar surface area (TPSA) is 67.8 Å². The van der Waals surface area contributed by atoms with Crippen molar-refractivity contribution in [2.75, 3.05) is 6.61 Å². The highest BCUT2D eigenvalue weighted by Crippen LogP contribution is 2.07. The predicted molar refractivity (Wildman–Crippen MR) is 80.2 cm³/mol. The zero-order chi connectivity index (χ0) is 15.7. The molecule has 1 aromatic rings. The summed E-state index contributed by atoms with van der Waals surface area (Å²) in [6.07, 6.45) is 1.90. The molecule has 0 amide bonds. The predicted octanol–water partition coefficient (Wildman–Crippen LogP) is 1.97. The van der Waals surface area contributed by atoms with Gasteiger partial charge in [-0.1, -0.05) is 36.4 Å². The smallest absolute Gasteiger partial charge is 0.330 e. The molecule has 0 aromatic heterocycles. The van der Waals surface area contributed by atoms with Crippen LogP contribution in [-0.2, 0) is 20.9 Å². The van der Waals surface area contributed by atoms with Gasteiger partial charge in [-0.2, -0.15) is 0 Å². The number of ether oxygens (including phenoxy) is 2. The summed E-state index contributed by atoms with van der Waals surface area (Å²) in [6, 6.07) is 9.47. The molecule has 0 aliphatic carbocycles. The van der Waals surface area contributed by atoms with Gasteiger partial charge in [-0.25, -0.2) is 4.79 Å². The molecule has 1 atom stereocenters. The Kier molecular flexibility index (Phi) is 7.08. The van der Waals surface area contributed by atoms with Gasteiger partial charge < -0.3 is 14.6 Å². The lowest BCUT2D eigenvalue weighted by molar-refractivity contribution is -0.139. The van der Waals surface area contributed by atoms with E-state index in [4.69, 9.17) is 9.47 Å². The van der Waals surface area contributed by atoms with Crippen molar-refractivity contribution in [2.45, 2.75) is 39.3 Å². The van der Waals surface area contributed by atoms with Crippen LogP contribution in [0, 0.1) is 0 Å². The molecule has 1 unspecified atom stereocenters. The molecule has 0 saturated heterocycles. The fourth-order valence-corrected chi connectivity index (χ4v) is 1.62. The molecule has 0 spiro atoms. The monoisotopic (exact) mass is 293 g/mol. The second kappa shape index (κ2) is 8.56. The van der Waals surface area contributed by atoms with Crippen LogP contribution in [0.1, 0.15) is 26.3 Å². The Balaban J connectivity index is 2.41. The van der Waals surface area contributed by atoms with Gasteiger partial charge in [0, 0.05) is 18.2 Å². The van der Waals surface area contributed by atoms with Gasteiger partial charge in [-0.3, -0.25) is 5.32 Å². The lowest BCUT2D eigenvalue weighted by atomic mass is 10.1. The van der Waals surface area contributed by atoms with Crippen molar-refractivity contribution < 1.29 is 19.4 Å². The number of carbonyl (C=O) groups excluding carboxylic acids is 1. The number of hydrogen-bond acceptors (Lipinski definition) is 5. The lowest BCUT2D eigenvalue weighted by Gasteiger charge is -2.25. The molecular formula is C16H23NO4. The minimum Gasteiger partial charge on any atom is -0.458 e. The van der Waals surface area contributed by atoms with E-state index < -0.39 is 17.9 Å². The van der Waals surface area contributed by atoms with Gasteiger partial charge in [0.25, 0.3) is 0 Å². The number of benzene rings is 1. The first-order valence-corrected chi connectivity index (χ1v) is 6.90. The van der Waals surface area contributed by atoms with Crippen LogP contribution in [0.4, 0.5) is 0 Å². The minimum absolute atomic E-state index is 0.236. The SMILES string of the molecule is CCOC(O)NC(C)(C)/C=C/C(=O)OCc1ccccc1. The summed E-state index contributed by atoms with van der Waals surface area (Å²) in [6.45, 7) is 6.05. The summed E-state index contributed by atoms with van der Waals surface area (Å²) in [4.78, 5) is 11.6. The van der Waals surface area contributed by atoms with Gasteiger partial charge in [0.05, 0.1) is 0 Å². The fraction of sp³-hybridized carbons (Fsp3) is 0.438. The van der Waals surface area contributed by atoms with Crippen LogP contribution in [0.25, 0.3) is 0 Å². The van der Waals surface area contributed by atoms with E-state index in [0.717, 1.165) is 5.56 Å². The van der Waals surface area contributed by atoms with E-state index in [1.54, 1.807) is 13.0 Å². The Morgan fingerprint density at radius 3 is 2.67 bits per heavy atom. The normalized spacial score (nSPS) is 13.3. The molecule has 0 saturated carbocycles. The third kappa shape index (κ3) is 7.60. The van der Waals surface area contributed by atoms with Crippen molar-refractivity contribution in [3.8, 4) is 0 Å². The van der Waals surface area contributed by atoms with Gasteiger partial charge >= 0.3 is 5.97 Å². The zero-order valence-electron chi connectivity index (χ0n) is 12.7. The van der Waals surface area contributed by atoms with Crippen LogP contribution in [0.5, 0.6) is 0 Å². The van der Waals surface area contributed by atoms with Crippen molar-refractivity contribution in [3.63, 3.8) is 0 Å². The Hall–Kier alpha value is -1.69. The highest BCUT2D eigenvalue weighted by molar-refractivity contribution is 5.82. The molecule has 0 bridgehead atoms. The molecule has 0 fully saturated rings. The highest BCUT2D eigenvalue weighted by atomic mass is 16.6. The number of hydrogen-bond donors (Lipinski definition) is 2. The average molecular weight is 293 g/mol. The van der Waals surface area contributed by atoms with E-state index in [2.05, 4.69) is 5.32 Å². The number of aliphatic hydroxyl groups is 1. The van der Waals surface area contributed by atoms with E-state index in [0.29, 0.717) is 6.61 Å². The van der Waals surface area contributed by atoms with Crippen molar-refractivity contribution in [1.29, 1.82) is 0 Å². The molecule has 0 heterocycles. The number of rotatable bonds is 8. The molecule has 116 valence electrons. The first kappa shape index (κ1) is 17.4. The first-order chi connectivity index (χ1) is 9.93. The second-order valence-corrected chi connectivity index (χ2v) is 5.10.